The Balaban J connectivity index is 1.88. The van der Waals surface area contributed by atoms with E-state index in [1.807, 2.05) is 80.5 Å². The Morgan fingerprint density at radius 3 is 2.25 bits per heavy atom. The van der Waals surface area contributed by atoms with Gasteiger partial charge in [0.05, 0.1) is 17.0 Å². The molecule has 1 amide bonds. The quantitative estimate of drug-likeness (QED) is 0.739. The van der Waals surface area contributed by atoms with Gasteiger partial charge in [-0.2, -0.15) is 10.1 Å². The van der Waals surface area contributed by atoms with E-state index in [0.717, 1.165) is 27.1 Å². The number of nitrogens with zero attached hydrogens (tertiary/aromatic N) is 3. The average molecular weight is 384 g/mol. The fourth-order valence-electron chi connectivity index (χ4n) is 2.48. The Hall–Kier alpha value is -2.40. The average Bonchev–Trinajstić information content (AvgIpc) is 2.84. The van der Waals surface area contributed by atoms with Crippen LogP contribution in [-0.2, 0) is 4.79 Å². The van der Waals surface area contributed by atoms with E-state index in [-0.39, 0.29) is 5.91 Å². The molecular formula is C19H18BrN3O. The second-order valence-corrected chi connectivity index (χ2v) is 6.74. The first kappa shape index (κ1) is 16.5. The van der Waals surface area contributed by atoms with Gasteiger partial charge in [0.2, 0.25) is 0 Å². The smallest absolute Gasteiger partial charge is 0.280 e. The van der Waals surface area contributed by atoms with Gasteiger partial charge in [0, 0.05) is 24.3 Å². The van der Waals surface area contributed by atoms with Gasteiger partial charge in [-0.1, -0.05) is 28.1 Å². The Morgan fingerprint density at radius 2 is 1.67 bits per heavy atom. The molecule has 0 N–H and O–H groups in total. The fraction of sp³-hybridized carbons (Fsp3) is 0.158. The molecule has 0 bridgehead atoms. The highest BCUT2D eigenvalue weighted by atomic mass is 79.9. The van der Waals surface area contributed by atoms with Gasteiger partial charge in [-0.3, -0.25) is 4.79 Å². The number of amides is 1. The first-order chi connectivity index (χ1) is 11.5. The molecule has 0 saturated heterocycles. The topological polar surface area (TPSA) is 35.9 Å². The van der Waals surface area contributed by atoms with Gasteiger partial charge >= 0.3 is 0 Å². The van der Waals surface area contributed by atoms with E-state index < -0.39 is 0 Å². The van der Waals surface area contributed by atoms with Crippen molar-refractivity contribution < 1.29 is 4.79 Å². The van der Waals surface area contributed by atoms with Crippen LogP contribution in [0, 0.1) is 0 Å². The van der Waals surface area contributed by atoms with Crippen LogP contribution in [-0.4, -0.2) is 25.7 Å². The highest BCUT2D eigenvalue weighted by Gasteiger charge is 2.28. The van der Waals surface area contributed by atoms with Crippen molar-refractivity contribution in [1.29, 1.82) is 0 Å². The maximum Gasteiger partial charge on any atom is 0.280 e. The molecule has 5 heteroatoms. The number of halogens is 1. The molecule has 2 aromatic rings. The van der Waals surface area contributed by atoms with Gasteiger partial charge < -0.3 is 4.90 Å². The molecular weight excluding hydrogens is 366 g/mol. The summed E-state index contributed by atoms with van der Waals surface area (Å²) in [5, 5.41) is 5.85. The molecule has 122 valence electrons. The largest absolute Gasteiger partial charge is 0.378 e. The van der Waals surface area contributed by atoms with Crippen molar-refractivity contribution in [2.75, 3.05) is 24.0 Å². The van der Waals surface area contributed by atoms with Crippen molar-refractivity contribution in [3.05, 3.63) is 64.1 Å². The van der Waals surface area contributed by atoms with E-state index in [1.54, 1.807) is 0 Å². The number of benzene rings is 2. The lowest BCUT2D eigenvalue weighted by molar-refractivity contribution is -0.114. The lowest BCUT2D eigenvalue weighted by atomic mass is 10.1. The lowest BCUT2D eigenvalue weighted by Gasteiger charge is -2.12. The Morgan fingerprint density at radius 1 is 1.04 bits per heavy atom. The van der Waals surface area contributed by atoms with Crippen molar-refractivity contribution >= 4 is 45.0 Å². The number of carbonyl (C=O) groups excluding carboxylic acids is 1. The molecule has 0 aliphatic carbocycles. The van der Waals surface area contributed by atoms with Crippen LogP contribution in [0.4, 0.5) is 11.4 Å². The van der Waals surface area contributed by atoms with Crippen LogP contribution < -0.4 is 9.91 Å². The number of hydrogen-bond acceptors (Lipinski definition) is 3. The third-order valence-electron chi connectivity index (χ3n) is 3.85. The molecule has 1 aliphatic heterocycles. The molecule has 0 spiro atoms. The molecule has 3 rings (SSSR count). The van der Waals surface area contributed by atoms with Crippen molar-refractivity contribution in [3.8, 4) is 0 Å². The molecule has 0 fully saturated rings. The Labute approximate surface area is 150 Å². The van der Waals surface area contributed by atoms with E-state index in [0.29, 0.717) is 5.57 Å². The number of anilines is 2. The highest BCUT2D eigenvalue weighted by molar-refractivity contribution is 9.10. The third-order valence-corrected chi connectivity index (χ3v) is 4.38. The van der Waals surface area contributed by atoms with E-state index in [1.165, 1.54) is 5.01 Å². The number of hydrazone groups is 1. The van der Waals surface area contributed by atoms with Gasteiger partial charge in [-0.15, -0.1) is 0 Å². The van der Waals surface area contributed by atoms with Gasteiger partial charge in [0.1, 0.15) is 0 Å². The molecule has 0 aromatic heterocycles. The van der Waals surface area contributed by atoms with Crippen LogP contribution in [0.1, 0.15) is 12.5 Å². The summed E-state index contributed by atoms with van der Waals surface area (Å²) in [5.74, 6) is -0.105. The summed E-state index contributed by atoms with van der Waals surface area (Å²) in [4.78, 5) is 14.7. The molecule has 0 radical (unpaired) electrons. The van der Waals surface area contributed by atoms with Crippen molar-refractivity contribution in [1.82, 2.24) is 0 Å². The summed E-state index contributed by atoms with van der Waals surface area (Å²) >= 11 is 3.40. The molecule has 4 nitrogen and oxygen atoms in total. The minimum absolute atomic E-state index is 0.105. The number of carbonyl (C=O) groups is 1. The Bertz CT molecular complexity index is 821. The molecule has 2 aromatic carbocycles. The highest BCUT2D eigenvalue weighted by Crippen LogP contribution is 2.26. The van der Waals surface area contributed by atoms with Crippen LogP contribution in [0.2, 0.25) is 0 Å². The zero-order chi connectivity index (χ0) is 17.3. The van der Waals surface area contributed by atoms with Gasteiger partial charge in [-0.25, -0.2) is 0 Å². The SMILES string of the molecule is CC1=NN(c2ccc(Br)cc2)C(=O)/C1=C/c1ccc(N(C)C)cc1. The van der Waals surface area contributed by atoms with Gasteiger partial charge in [0.15, 0.2) is 0 Å². The van der Waals surface area contributed by atoms with Crippen LogP contribution in [0.3, 0.4) is 0 Å². The maximum absolute atomic E-state index is 12.7. The number of rotatable bonds is 3. The first-order valence-electron chi connectivity index (χ1n) is 7.60. The van der Waals surface area contributed by atoms with Crippen LogP contribution in [0.25, 0.3) is 6.08 Å². The summed E-state index contributed by atoms with van der Waals surface area (Å²) in [5.41, 5.74) is 4.21. The van der Waals surface area contributed by atoms with Gasteiger partial charge in [0.25, 0.3) is 5.91 Å². The van der Waals surface area contributed by atoms with E-state index in [4.69, 9.17) is 0 Å². The van der Waals surface area contributed by atoms with E-state index >= 15 is 0 Å². The molecule has 1 aliphatic rings. The van der Waals surface area contributed by atoms with Crippen molar-refractivity contribution in [2.24, 2.45) is 5.10 Å². The molecule has 1 heterocycles. The molecule has 0 saturated carbocycles. The fourth-order valence-corrected chi connectivity index (χ4v) is 2.74. The van der Waals surface area contributed by atoms with Crippen molar-refractivity contribution in [3.63, 3.8) is 0 Å². The van der Waals surface area contributed by atoms with Crippen LogP contribution in [0.15, 0.2) is 63.7 Å². The van der Waals surface area contributed by atoms with E-state index in [2.05, 4.69) is 21.0 Å². The summed E-state index contributed by atoms with van der Waals surface area (Å²) in [7, 11) is 4.00. The monoisotopic (exact) mass is 383 g/mol. The maximum atomic E-state index is 12.7. The zero-order valence-electron chi connectivity index (χ0n) is 13.8. The lowest BCUT2D eigenvalue weighted by Crippen LogP contribution is -2.21. The second-order valence-electron chi connectivity index (χ2n) is 5.82. The first-order valence-corrected chi connectivity index (χ1v) is 8.40. The van der Waals surface area contributed by atoms with Crippen molar-refractivity contribution in [2.45, 2.75) is 6.92 Å². The van der Waals surface area contributed by atoms with Gasteiger partial charge in [-0.05, 0) is 55.0 Å². The normalized spacial score (nSPS) is 15.8. The molecule has 24 heavy (non-hydrogen) atoms. The minimum Gasteiger partial charge on any atom is -0.378 e. The zero-order valence-corrected chi connectivity index (χ0v) is 15.4. The summed E-state index contributed by atoms with van der Waals surface area (Å²) < 4.78 is 0.968. The predicted molar refractivity (Wildman–Crippen MR) is 103 cm³/mol. The Kier molecular flexibility index (Phi) is 4.53. The molecule has 0 unspecified atom stereocenters. The molecule has 0 atom stereocenters. The van der Waals surface area contributed by atoms with E-state index in [9.17, 15) is 4.79 Å². The summed E-state index contributed by atoms with van der Waals surface area (Å²) in [6.07, 6.45) is 1.89. The summed E-state index contributed by atoms with van der Waals surface area (Å²) in [6.45, 7) is 1.86. The minimum atomic E-state index is -0.105. The number of hydrogen-bond donors (Lipinski definition) is 0. The second kappa shape index (κ2) is 6.61. The standard InChI is InChI=1S/C19H18BrN3O/c1-13-18(12-14-4-8-16(9-5-14)22(2)3)19(24)23(21-13)17-10-6-15(20)7-11-17/h4-12H,1-3H3/b18-12+. The predicted octanol–water partition coefficient (Wildman–Crippen LogP) is 4.32. The van der Waals surface area contributed by atoms with Crippen LogP contribution >= 0.6 is 15.9 Å². The third kappa shape index (κ3) is 3.26. The van der Waals surface area contributed by atoms with Crippen LogP contribution in [0.5, 0.6) is 0 Å². The summed E-state index contributed by atoms with van der Waals surface area (Å²) in [6, 6.07) is 15.6.